The standard InChI is InChI=1S/C15H12N4O3S/c1-23-13-5-3-2-4-10(13)15(20)16-14-11-8-9(19(21)22)6-7-12(11)17-18-14/h2-8H,1H3,(H2,16,17,18,20). The first-order valence-electron chi connectivity index (χ1n) is 6.67. The van der Waals surface area contributed by atoms with E-state index in [4.69, 9.17) is 0 Å². The number of nitro benzene ring substituents is 1. The predicted octanol–water partition coefficient (Wildman–Crippen LogP) is 3.45. The largest absolute Gasteiger partial charge is 0.305 e. The summed E-state index contributed by atoms with van der Waals surface area (Å²) in [7, 11) is 0. The van der Waals surface area contributed by atoms with Gasteiger partial charge in [-0.2, -0.15) is 5.10 Å². The number of carbonyl (C=O) groups excluding carboxylic acids is 1. The number of aromatic nitrogens is 2. The molecule has 2 N–H and O–H groups in total. The van der Waals surface area contributed by atoms with Gasteiger partial charge in [-0.15, -0.1) is 11.8 Å². The lowest BCUT2D eigenvalue weighted by Gasteiger charge is -2.06. The Balaban J connectivity index is 1.96. The Morgan fingerprint density at radius 2 is 2.09 bits per heavy atom. The fourth-order valence-electron chi connectivity index (χ4n) is 2.22. The molecular weight excluding hydrogens is 316 g/mol. The molecule has 0 radical (unpaired) electrons. The average Bonchev–Trinajstić information content (AvgIpc) is 2.96. The minimum Gasteiger partial charge on any atom is -0.305 e. The molecule has 3 aromatic rings. The molecule has 0 unspecified atom stereocenters. The molecule has 1 amide bonds. The highest BCUT2D eigenvalue weighted by atomic mass is 32.2. The third-order valence-electron chi connectivity index (χ3n) is 3.34. The van der Waals surface area contributed by atoms with Gasteiger partial charge in [-0.05, 0) is 24.5 Å². The number of hydrogen-bond acceptors (Lipinski definition) is 5. The highest BCUT2D eigenvalue weighted by Gasteiger charge is 2.16. The third kappa shape index (κ3) is 2.88. The predicted molar refractivity (Wildman–Crippen MR) is 88.9 cm³/mol. The van der Waals surface area contributed by atoms with E-state index < -0.39 is 4.92 Å². The highest BCUT2D eigenvalue weighted by Crippen LogP contribution is 2.26. The molecule has 1 aromatic heterocycles. The van der Waals surface area contributed by atoms with Crippen LogP contribution in [0.5, 0.6) is 0 Å². The summed E-state index contributed by atoms with van der Waals surface area (Å²) in [6.07, 6.45) is 1.89. The van der Waals surface area contributed by atoms with E-state index in [1.165, 1.54) is 23.9 Å². The zero-order valence-electron chi connectivity index (χ0n) is 12.1. The van der Waals surface area contributed by atoms with E-state index in [1.54, 1.807) is 18.2 Å². The van der Waals surface area contributed by atoms with E-state index in [0.29, 0.717) is 16.5 Å². The lowest BCUT2D eigenvalue weighted by atomic mass is 10.2. The number of nitrogens with one attached hydrogen (secondary N) is 2. The molecule has 0 aliphatic rings. The zero-order valence-corrected chi connectivity index (χ0v) is 12.9. The smallest absolute Gasteiger partial charge is 0.270 e. The molecule has 0 spiro atoms. The van der Waals surface area contributed by atoms with Crippen LogP contribution in [0.1, 0.15) is 10.4 Å². The van der Waals surface area contributed by atoms with Crippen LogP contribution >= 0.6 is 11.8 Å². The molecule has 0 aliphatic carbocycles. The van der Waals surface area contributed by atoms with E-state index in [9.17, 15) is 14.9 Å². The fourth-order valence-corrected chi connectivity index (χ4v) is 2.81. The zero-order chi connectivity index (χ0) is 16.4. The summed E-state index contributed by atoms with van der Waals surface area (Å²) >= 11 is 1.47. The van der Waals surface area contributed by atoms with Crippen LogP contribution in [0, 0.1) is 10.1 Å². The Bertz CT molecular complexity index is 907. The van der Waals surface area contributed by atoms with E-state index >= 15 is 0 Å². The number of amides is 1. The van der Waals surface area contributed by atoms with E-state index in [0.717, 1.165) is 4.90 Å². The van der Waals surface area contributed by atoms with Crippen LogP contribution in [0.25, 0.3) is 10.9 Å². The van der Waals surface area contributed by atoms with Crippen LogP contribution < -0.4 is 5.32 Å². The maximum absolute atomic E-state index is 12.4. The van der Waals surface area contributed by atoms with Gasteiger partial charge < -0.3 is 5.32 Å². The summed E-state index contributed by atoms with van der Waals surface area (Å²) in [5.41, 5.74) is 1.09. The Labute approximate surface area is 135 Å². The summed E-state index contributed by atoms with van der Waals surface area (Å²) in [6.45, 7) is 0. The van der Waals surface area contributed by atoms with Crippen LogP contribution in [0.2, 0.25) is 0 Å². The summed E-state index contributed by atoms with van der Waals surface area (Å²) < 4.78 is 0. The number of hydrogen-bond donors (Lipinski definition) is 2. The van der Waals surface area contributed by atoms with Crippen molar-refractivity contribution < 1.29 is 9.72 Å². The minimum absolute atomic E-state index is 0.0566. The van der Waals surface area contributed by atoms with Gasteiger partial charge in [0.15, 0.2) is 5.82 Å². The number of nitro groups is 1. The molecule has 8 heteroatoms. The number of H-pyrrole nitrogens is 1. The number of benzene rings is 2. The maximum atomic E-state index is 12.4. The summed E-state index contributed by atoms with van der Waals surface area (Å²) in [6, 6.07) is 11.5. The first-order valence-corrected chi connectivity index (χ1v) is 7.89. The summed E-state index contributed by atoms with van der Waals surface area (Å²) in [4.78, 5) is 23.7. The lowest BCUT2D eigenvalue weighted by Crippen LogP contribution is -2.13. The molecule has 2 aromatic carbocycles. The number of fused-ring (bicyclic) bond motifs is 1. The molecule has 0 bridgehead atoms. The molecule has 116 valence electrons. The van der Waals surface area contributed by atoms with Gasteiger partial charge in [-0.3, -0.25) is 20.0 Å². The number of rotatable bonds is 4. The van der Waals surface area contributed by atoms with E-state index in [2.05, 4.69) is 15.5 Å². The van der Waals surface area contributed by atoms with Crippen molar-refractivity contribution in [3.8, 4) is 0 Å². The molecule has 7 nitrogen and oxygen atoms in total. The van der Waals surface area contributed by atoms with Crippen LogP contribution in [-0.2, 0) is 0 Å². The van der Waals surface area contributed by atoms with Crippen molar-refractivity contribution in [3.63, 3.8) is 0 Å². The van der Waals surface area contributed by atoms with Gasteiger partial charge in [-0.25, -0.2) is 0 Å². The van der Waals surface area contributed by atoms with Crippen molar-refractivity contribution in [1.29, 1.82) is 0 Å². The van der Waals surface area contributed by atoms with Gasteiger partial charge in [0.05, 0.1) is 21.4 Å². The van der Waals surface area contributed by atoms with Crippen LogP contribution in [0.4, 0.5) is 11.5 Å². The first-order chi connectivity index (χ1) is 11.1. The van der Waals surface area contributed by atoms with E-state index in [-0.39, 0.29) is 17.4 Å². The van der Waals surface area contributed by atoms with Crippen molar-refractivity contribution >= 4 is 40.1 Å². The molecule has 0 saturated heterocycles. The molecule has 23 heavy (non-hydrogen) atoms. The van der Waals surface area contributed by atoms with Crippen molar-refractivity contribution in [3.05, 3.63) is 58.1 Å². The van der Waals surface area contributed by atoms with Crippen molar-refractivity contribution in [2.75, 3.05) is 11.6 Å². The van der Waals surface area contributed by atoms with Gasteiger partial charge >= 0.3 is 0 Å². The number of non-ortho nitro benzene ring substituents is 1. The summed E-state index contributed by atoms with van der Waals surface area (Å²) in [5, 5.41) is 20.9. The van der Waals surface area contributed by atoms with Crippen molar-refractivity contribution in [2.45, 2.75) is 4.90 Å². The topological polar surface area (TPSA) is 101 Å². The van der Waals surface area contributed by atoms with Gasteiger partial charge in [0.25, 0.3) is 11.6 Å². The second-order valence-electron chi connectivity index (χ2n) is 4.71. The molecule has 0 saturated carbocycles. The Hall–Kier alpha value is -2.87. The minimum atomic E-state index is -0.485. The molecule has 1 heterocycles. The monoisotopic (exact) mass is 328 g/mol. The van der Waals surface area contributed by atoms with Gasteiger partial charge in [0.2, 0.25) is 0 Å². The van der Waals surface area contributed by atoms with Gasteiger partial charge in [0, 0.05) is 17.0 Å². The Morgan fingerprint density at radius 1 is 1.30 bits per heavy atom. The second kappa shape index (κ2) is 6.09. The van der Waals surface area contributed by atoms with Crippen LogP contribution in [0.15, 0.2) is 47.4 Å². The Kier molecular flexibility index (Phi) is 3.98. The molecular formula is C15H12N4O3S. The number of aromatic amines is 1. The lowest BCUT2D eigenvalue weighted by molar-refractivity contribution is -0.384. The number of nitrogens with zero attached hydrogens (tertiary/aromatic N) is 2. The van der Waals surface area contributed by atoms with Crippen LogP contribution in [-0.4, -0.2) is 27.3 Å². The van der Waals surface area contributed by atoms with Crippen molar-refractivity contribution in [2.24, 2.45) is 0 Å². The normalized spacial score (nSPS) is 10.7. The molecule has 0 fully saturated rings. The molecule has 0 aliphatic heterocycles. The maximum Gasteiger partial charge on any atom is 0.270 e. The SMILES string of the molecule is CSc1ccccc1C(=O)Nc1n[nH]c2ccc([N+](=O)[O-])cc12. The highest BCUT2D eigenvalue weighted by molar-refractivity contribution is 7.98. The quantitative estimate of drug-likeness (QED) is 0.434. The molecule has 0 atom stereocenters. The number of anilines is 1. The van der Waals surface area contributed by atoms with E-state index in [1.807, 2.05) is 18.4 Å². The molecule has 3 rings (SSSR count). The number of carbonyl (C=O) groups is 1. The summed E-state index contributed by atoms with van der Waals surface area (Å²) in [5.74, 6) is -0.0422. The average molecular weight is 328 g/mol. The van der Waals surface area contributed by atoms with Gasteiger partial charge in [0.1, 0.15) is 0 Å². The van der Waals surface area contributed by atoms with Crippen LogP contribution in [0.3, 0.4) is 0 Å². The first kappa shape index (κ1) is 15.0. The third-order valence-corrected chi connectivity index (χ3v) is 4.14. The van der Waals surface area contributed by atoms with Crippen molar-refractivity contribution in [1.82, 2.24) is 10.2 Å². The second-order valence-corrected chi connectivity index (χ2v) is 5.56. The fraction of sp³-hybridized carbons (Fsp3) is 0.0667. The van der Waals surface area contributed by atoms with Gasteiger partial charge in [-0.1, -0.05) is 12.1 Å². The number of thioether (sulfide) groups is 1. The Morgan fingerprint density at radius 3 is 2.83 bits per heavy atom.